The fraction of sp³-hybridized carbons (Fsp3) is 0.459. The van der Waals surface area contributed by atoms with Crippen molar-refractivity contribution in [2.24, 2.45) is 0 Å². The van der Waals surface area contributed by atoms with Crippen LogP contribution in [0.25, 0.3) is 46.4 Å². The lowest BCUT2D eigenvalue weighted by atomic mass is 10.0. The second-order valence-corrected chi connectivity index (χ2v) is 11.8. The lowest BCUT2D eigenvalue weighted by Crippen LogP contribution is -1.96. The van der Waals surface area contributed by atoms with Crippen molar-refractivity contribution >= 4 is 46.4 Å². The fourth-order valence-electron chi connectivity index (χ4n) is 6.20. The minimum absolute atomic E-state index is 0.00148. The highest BCUT2D eigenvalue weighted by Crippen LogP contribution is 2.30. The third-order valence-corrected chi connectivity index (χ3v) is 8.67. The Morgan fingerprint density at radius 1 is 0.548 bits per heavy atom. The van der Waals surface area contributed by atoms with Gasteiger partial charge in [0, 0.05) is 44.3 Å². The highest BCUT2D eigenvalue weighted by Gasteiger charge is 2.17. The number of aliphatic hydroxyl groups excluding tert-OH is 1. The predicted molar refractivity (Wildman–Crippen MR) is 179 cm³/mol. The van der Waals surface area contributed by atoms with Gasteiger partial charge in [0.25, 0.3) is 0 Å². The van der Waals surface area contributed by atoms with Crippen LogP contribution in [0.15, 0.2) is 18.2 Å². The third-order valence-electron chi connectivity index (χ3n) is 8.67. The van der Waals surface area contributed by atoms with Crippen LogP contribution >= 0.6 is 0 Å². The van der Waals surface area contributed by atoms with Crippen LogP contribution in [0.3, 0.4) is 0 Å². The topological polar surface area (TPSA) is 77.6 Å². The molecule has 0 aromatic carbocycles. The average molecular weight is 565 g/mol. The molecule has 0 spiro atoms. The first kappa shape index (κ1) is 30.0. The van der Waals surface area contributed by atoms with Gasteiger partial charge in [-0.2, -0.15) is 0 Å². The second kappa shape index (κ2) is 14.2. The van der Waals surface area contributed by atoms with Crippen molar-refractivity contribution in [2.45, 2.75) is 111 Å². The van der Waals surface area contributed by atoms with E-state index in [1.165, 1.54) is 22.3 Å². The number of unbranched alkanes of at least 4 members (excludes halogenated alkanes) is 4. The smallest absolute Gasteiger partial charge is 0.0703 e. The molecule has 42 heavy (non-hydrogen) atoms. The molecular formula is C37H48N4O. The van der Waals surface area contributed by atoms with Gasteiger partial charge in [-0.3, -0.25) is 0 Å². The second-order valence-electron chi connectivity index (χ2n) is 11.8. The molecule has 0 unspecified atom stereocenters. The van der Waals surface area contributed by atoms with Crippen LogP contribution in [-0.4, -0.2) is 25.0 Å². The van der Waals surface area contributed by atoms with Crippen molar-refractivity contribution in [1.29, 1.82) is 0 Å². The van der Waals surface area contributed by atoms with Gasteiger partial charge in [0.2, 0.25) is 0 Å². The summed E-state index contributed by atoms with van der Waals surface area (Å²) in [6, 6.07) is 6.61. The maximum absolute atomic E-state index is 10.5. The highest BCUT2D eigenvalue weighted by molar-refractivity contribution is 5.84. The summed E-state index contributed by atoms with van der Waals surface area (Å²) in [4.78, 5) is 18.1. The van der Waals surface area contributed by atoms with Crippen LogP contribution in [-0.2, 0) is 32.3 Å². The van der Waals surface area contributed by atoms with Crippen molar-refractivity contribution in [3.63, 3.8) is 0 Å². The quantitative estimate of drug-likeness (QED) is 0.133. The molecule has 0 fully saturated rings. The average Bonchev–Trinajstić information content (AvgIpc) is 3.82. The van der Waals surface area contributed by atoms with Gasteiger partial charge >= 0.3 is 0 Å². The number of rotatable bonds is 13. The zero-order chi connectivity index (χ0) is 29.5. The van der Waals surface area contributed by atoms with Crippen molar-refractivity contribution < 1.29 is 5.11 Å². The Labute approximate surface area is 251 Å². The number of nitrogens with zero attached hydrogens (tertiary/aromatic N) is 2. The molecule has 5 heterocycles. The van der Waals surface area contributed by atoms with Crippen molar-refractivity contribution in [3.8, 4) is 0 Å². The number of hydrogen-bond donors (Lipinski definition) is 3. The number of aryl methyl sites for hydroxylation is 3. The first-order valence-corrected chi connectivity index (χ1v) is 16.4. The van der Waals surface area contributed by atoms with E-state index in [1.807, 2.05) is 0 Å². The van der Waals surface area contributed by atoms with Gasteiger partial charge < -0.3 is 15.1 Å². The summed E-state index contributed by atoms with van der Waals surface area (Å²) in [6.45, 7) is 8.96. The van der Waals surface area contributed by atoms with E-state index in [0.717, 1.165) is 127 Å². The van der Waals surface area contributed by atoms with E-state index < -0.39 is 0 Å². The van der Waals surface area contributed by atoms with E-state index in [0.29, 0.717) is 0 Å². The predicted octanol–water partition coefficient (Wildman–Crippen LogP) is 9.52. The summed E-state index contributed by atoms with van der Waals surface area (Å²) in [7, 11) is 0. The molecular weight excluding hydrogens is 516 g/mol. The summed E-state index contributed by atoms with van der Waals surface area (Å²) >= 11 is 0. The third kappa shape index (κ3) is 6.32. The Kier molecular flexibility index (Phi) is 10.1. The van der Waals surface area contributed by atoms with E-state index in [1.54, 1.807) is 0 Å². The fourth-order valence-corrected chi connectivity index (χ4v) is 6.20. The van der Waals surface area contributed by atoms with Gasteiger partial charge in [0.05, 0.1) is 29.4 Å². The number of fused-ring (bicyclic) bond motifs is 8. The van der Waals surface area contributed by atoms with E-state index in [-0.39, 0.29) is 6.61 Å². The molecule has 3 aromatic rings. The molecule has 0 aliphatic carbocycles. The zero-order valence-electron chi connectivity index (χ0n) is 26.1. The van der Waals surface area contributed by atoms with Crippen molar-refractivity contribution in [3.05, 3.63) is 68.8 Å². The molecule has 8 bridgehead atoms. The number of aliphatic hydroxyl groups is 1. The lowest BCUT2D eigenvalue weighted by Gasteiger charge is -2.06. The van der Waals surface area contributed by atoms with Crippen LogP contribution in [0.5, 0.6) is 0 Å². The van der Waals surface area contributed by atoms with E-state index in [9.17, 15) is 5.11 Å². The number of hydrogen-bond acceptors (Lipinski definition) is 3. The van der Waals surface area contributed by atoms with Gasteiger partial charge in [0.1, 0.15) is 0 Å². The van der Waals surface area contributed by atoms with Gasteiger partial charge in [-0.15, -0.1) is 0 Å². The maximum atomic E-state index is 10.5. The summed E-state index contributed by atoms with van der Waals surface area (Å²) in [5.74, 6) is 0. The van der Waals surface area contributed by atoms with Crippen LogP contribution in [0.2, 0.25) is 0 Å². The number of aromatic nitrogens is 4. The molecule has 2 aliphatic heterocycles. The molecule has 5 heteroatoms. The SMILES string of the molecule is CCCCc1c2nc(c(CCCC)c3ccc([nH]3)c(CCCC)c3[nH]c(cc3CO)c(CCCC)c3nc1C=C3)C=C2. The largest absolute Gasteiger partial charge is 0.392 e. The Bertz CT molecular complexity index is 1620. The van der Waals surface area contributed by atoms with Crippen LogP contribution in [0.4, 0.5) is 0 Å². The Morgan fingerprint density at radius 3 is 1.48 bits per heavy atom. The summed E-state index contributed by atoms with van der Waals surface area (Å²) in [6.07, 6.45) is 21.5. The molecule has 5 nitrogen and oxygen atoms in total. The standard InChI is InChI=1S/C37H48N4O/c1-5-9-13-26-30-17-18-31(38-30)27(14-10-6-2)33-21-22-35(40-33)29(16-12-8-4)37-25(24-42)23-36(41-37)28(15-11-7-3)34-20-19-32(26)39-34/h17-23,40-42H,5-16,24H2,1-4H3. The molecule has 5 rings (SSSR count). The Hall–Kier alpha value is -3.44. The van der Waals surface area contributed by atoms with Crippen LogP contribution in [0.1, 0.15) is 130 Å². The van der Waals surface area contributed by atoms with E-state index >= 15 is 0 Å². The Balaban J connectivity index is 1.93. The van der Waals surface area contributed by atoms with Crippen LogP contribution in [0, 0.1) is 0 Å². The molecule has 0 amide bonds. The van der Waals surface area contributed by atoms with Gasteiger partial charge in [-0.25, -0.2) is 9.97 Å². The summed E-state index contributed by atoms with van der Waals surface area (Å²) in [5.41, 5.74) is 14.4. The maximum Gasteiger partial charge on any atom is 0.0703 e. The first-order valence-electron chi connectivity index (χ1n) is 16.4. The highest BCUT2D eigenvalue weighted by atomic mass is 16.3. The van der Waals surface area contributed by atoms with Gasteiger partial charge in [-0.1, -0.05) is 53.4 Å². The molecule has 2 aliphatic rings. The number of aromatic amines is 2. The number of nitrogens with one attached hydrogen (secondary N) is 2. The lowest BCUT2D eigenvalue weighted by molar-refractivity contribution is 0.283. The molecule has 0 saturated carbocycles. The summed E-state index contributed by atoms with van der Waals surface area (Å²) in [5, 5.41) is 10.5. The first-order chi connectivity index (χ1) is 20.6. The number of H-pyrrole nitrogens is 2. The van der Waals surface area contributed by atoms with Crippen molar-refractivity contribution in [1.82, 2.24) is 19.9 Å². The molecule has 3 N–H and O–H groups in total. The monoisotopic (exact) mass is 564 g/mol. The van der Waals surface area contributed by atoms with E-state index in [4.69, 9.17) is 9.97 Å². The normalized spacial score (nSPS) is 12.5. The molecule has 0 radical (unpaired) electrons. The van der Waals surface area contributed by atoms with Crippen LogP contribution < -0.4 is 0 Å². The van der Waals surface area contributed by atoms with Crippen molar-refractivity contribution in [2.75, 3.05) is 0 Å². The summed E-state index contributed by atoms with van der Waals surface area (Å²) < 4.78 is 0. The van der Waals surface area contributed by atoms with Gasteiger partial charge in [-0.05, 0) is 99.4 Å². The molecule has 0 saturated heterocycles. The van der Waals surface area contributed by atoms with E-state index in [2.05, 4.69) is 80.2 Å². The zero-order valence-corrected chi connectivity index (χ0v) is 26.1. The molecule has 0 atom stereocenters. The minimum atomic E-state index is -0.00148. The van der Waals surface area contributed by atoms with Gasteiger partial charge in [0.15, 0.2) is 0 Å². The Morgan fingerprint density at radius 2 is 0.976 bits per heavy atom. The molecule has 222 valence electrons. The molecule has 3 aromatic heterocycles. The minimum Gasteiger partial charge on any atom is -0.392 e.